The lowest BCUT2D eigenvalue weighted by Gasteiger charge is -2.03. The van der Waals surface area contributed by atoms with E-state index in [-0.39, 0.29) is 0 Å². The average molecular weight is 218 g/mol. The minimum atomic E-state index is 0.894. The van der Waals surface area contributed by atoms with Crippen molar-refractivity contribution >= 4 is 10.9 Å². The molecule has 86 valence electrons. The molecule has 0 aliphatic rings. The van der Waals surface area contributed by atoms with E-state index in [4.69, 9.17) is 4.74 Å². The first-order valence-corrected chi connectivity index (χ1v) is 5.77. The predicted molar refractivity (Wildman–Crippen MR) is 65.9 cm³/mol. The highest BCUT2D eigenvalue weighted by Gasteiger charge is 2.07. The Bertz CT molecular complexity index is 488. The van der Waals surface area contributed by atoms with E-state index in [1.807, 2.05) is 6.07 Å². The van der Waals surface area contributed by atoms with Crippen molar-refractivity contribution in [1.82, 2.24) is 9.78 Å². The van der Waals surface area contributed by atoms with Gasteiger partial charge in [0.1, 0.15) is 5.75 Å². The van der Waals surface area contributed by atoms with Crippen LogP contribution in [0.1, 0.15) is 25.5 Å². The van der Waals surface area contributed by atoms with Gasteiger partial charge in [0.2, 0.25) is 0 Å². The Hall–Kier alpha value is -1.51. The van der Waals surface area contributed by atoms with Gasteiger partial charge in [-0.3, -0.25) is 4.68 Å². The molecule has 2 rings (SSSR count). The van der Waals surface area contributed by atoms with Crippen molar-refractivity contribution < 1.29 is 4.74 Å². The summed E-state index contributed by atoms with van der Waals surface area (Å²) in [5.41, 5.74) is 2.26. The summed E-state index contributed by atoms with van der Waals surface area (Å²) in [6, 6.07) is 6.13. The molecule has 0 unspecified atom stereocenters. The molecular formula is C13H18N2O. The molecule has 0 saturated heterocycles. The highest BCUT2D eigenvalue weighted by atomic mass is 16.5. The maximum atomic E-state index is 5.25. The van der Waals surface area contributed by atoms with Gasteiger partial charge in [-0.05, 0) is 25.5 Å². The van der Waals surface area contributed by atoms with Crippen molar-refractivity contribution in [2.75, 3.05) is 7.11 Å². The molecule has 0 bridgehead atoms. The number of rotatable bonds is 4. The summed E-state index contributed by atoms with van der Waals surface area (Å²) in [7, 11) is 1.70. The average Bonchev–Trinajstić information content (AvgIpc) is 2.63. The van der Waals surface area contributed by atoms with E-state index in [2.05, 4.69) is 35.8 Å². The summed E-state index contributed by atoms with van der Waals surface area (Å²) in [4.78, 5) is 0. The van der Waals surface area contributed by atoms with E-state index in [0.717, 1.165) is 24.4 Å². The molecule has 0 N–H and O–H groups in total. The summed E-state index contributed by atoms with van der Waals surface area (Å²) < 4.78 is 7.33. The van der Waals surface area contributed by atoms with E-state index >= 15 is 0 Å². The maximum absolute atomic E-state index is 5.25. The number of nitrogens with zero attached hydrogens (tertiary/aromatic N) is 2. The molecule has 1 heterocycles. The van der Waals surface area contributed by atoms with Crippen LogP contribution in [-0.4, -0.2) is 16.9 Å². The molecule has 0 fully saturated rings. The van der Waals surface area contributed by atoms with Gasteiger partial charge in [0.25, 0.3) is 0 Å². The van der Waals surface area contributed by atoms with Crippen LogP contribution in [0.25, 0.3) is 10.9 Å². The zero-order chi connectivity index (χ0) is 11.5. The van der Waals surface area contributed by atoms with Gasteiger partial charge in [0.15, 0.2) is 0 Å². The lowest BCUT2D eigenvalue weighted by Crippen LogP contribution is -1.99. The van der Waals surface area contributed by atoms with Crippen LogP contribution in [0.3, 0.4) is 0 Å². The van der Waals surface area contributed by atoms with Crippen LogP contribution in [0, 0.1) is 6.92 Å². The third kappa shape index (κ3) is 1.90. The molecule has 1 aromatic heterocycles. The molecule has 0 aliphatic carbocycles. The van der Waals surface area contributed by atoms with Gasteiger partial charge < -0.3 is 4.74 Å². The number of benzene rings is 1. The molecule has 0 atom stereocenters. The molecule has 3 nitrogen and oxygen atoms in total. The Morgan fingerprint density at radius 3 is 2.88 bits per heavy atom. The molecule has 0 saturated carbocycles. The van der Waals surface area contributed by atoms with Gasteiger partial charge >= 0.3 is 0 Å². The molecule has 2 aromatic rings. The first-order chi connectivity index (χ1) is 7.76. The monoisotopic (exact) mass is 218 g/mol. The summed E-state index contributed by atoms with van der Waals surface area (Å²) in [5, 5.41) is 5.78. The summed E-state index contributed by atoms with van der Waals surface area (Å²) >= 11 is 0. The smallest absolute Gasteiger partial charge is 0.121 e. The molecule has 3 heteroatoms. The Kier molecular flexibility index (Phi) is 3.13. The number of hydrogen-bond acceptors (Lipinski definition) is 2. The fourth-order valence-corrected chi connectivity index (χ4v) is 1.93. The summed E-state index contributed by atoms with van der Waals surface area (Å²) in [6.07, 6.45) is 2.35. The molecule has 0 radical (unpaired) electrons. The highest BCUT2D eigenvalue weighted by Crippen LogP contribution is 2.23. The van der Waals surface area contributed by atoms with E-state index < -0.39 is 0 Å². The Labute approximate surface area is 96.0 Å². The van der Waals surface area contributed by atoms with Gasteiger partial charge in [-0.15, -0.1) is 0 Å². The second kappa shape index (κ2) is 4.56. The number of aromatic nitrogens is 2. The quantitative estimate of drug-likeness (QED) is 0.788. The number of fused-ring (bicyclic) bond motifs is 1. The maximum Gasteiger partial charge on any atom is 0.121 e. The number of aryl methyl sites for hydroxylation is 2. The van der Waals surface area contributed by atoms with Gasteiger partial charge in [0.05, 0.1) is 18.3 Å². The lowest BCUT2D eigenvalue weighted by atomic mass is 10.2. The van der Waals surface area contributed by atoms with Gasteiger partial charge in [0, 0.05) is 18.0 Å². The number of ether oxygens (including phenoxy) is 1. The molecule has 0 spiro atoms. The SMILES string of the molecule is CCCCn1nc(C)c2ccc(OC)cc21. The van der Waals surface area contributed by atoms with E-state index in [9.17, 15) is 0 Å². The van der Waals surface area contributed by atoms with Crippen molar-refractivity contribution in [3.05, 3.63) is 23.9 Å². The van der Waals surface area contributed by atoms with Crippen LogP contribution >= 0.6 is 0 Å². The van der Waals surface area contributed by atoms with Crippen LogP contribution in [0.5, 0.6) is 5.75 Å². The minimum absolute atomic E-state index is 0.894. The highest BCUT2D eigenvalue weighted by molar-refractivity contribution is 5.83. The third-order valence-corrected chi connectivity index (χ3v) is 2.87. The molecule has 0 aliphatic heterocycles. The van der Waals surface area contributed by atoms with Crippen LogP contribution < -0.4 is 4.74 Å². The normalized spacial score (nSPS) is 10.9. The van der Waals surface area contributed by atoms with Crippen molar-refractivity contribution in [2.24, 2.45) is 0 Å². The summed E-state index contributed by atoms with van der Waals surface area (Å²) in [6.45, 7) is 5.23. The molecule has 0 amide bonds. The largest absolute Gasteiger partial charge is 0.497 e. The fraction of sp³-hybridized carbons (Fsp3) is 0.462. The van der Waals surface area contributed by atoms with Crippen LogP contribution in [-0.2, 0) is 6.54 Å². The Balaban J connectivity index is 2.47. The third-order valence-electron chi connectivity index (χ3n) is 2.87. The zero-order valence-electron chi connectivity index (χ0n) is 10.2. The first kappa shape index (κ1) is 11.0. The van der Waals surface area contributed by atoms with E-state index in [0.29, 0.717) is 0 Å². The molecular weight excluding hydrogens is 200 g/mol. The number of hydrogen-bond donors (Lipinski definition) is 0. The van der Waals surface area contributed by atoms with E-state index in [1.165, 1.54) is 17.3 Å². The minimum Gasteiger partial charge on any atom is -0.497 e. The second-order valence-corrected chi connectivity index (χ2v) is 4.05. The Morgan fingerprint density at radius 2 is 2.19 bits per heavy atom. The number of methoxy groups -OCH3 is 1. The topological polar surface area (TPSA) is 27.1 Å². The van der Waals surface area contributed by atoms with Crippen LogP contribution in [0.2, 0.25) is 0 Å². The molecule has 1 aromatic carbocycles. The van der Waals surface area contributed by atoms with Crippen molar-refractivity contribution in [1.29, 1.82) is 0 Å². The zero-order valence-corrected chi connectivity index (χ0v) is 10.2. The summed E-state index contributed by atoms with van der Waals surface area (Å²) in [5.74, 6) is 0.894. The van der Waals surface area contributed by atoms with Gasteiger partial charge in [-0.1, -0.05) is 13.3 Å². The van der Waals surface area contributed by atoms with E-state index in [1.54, 1.807) is 7.11 Å². The van der Waals surface area contributed by atoms with Gasteiger partial charge in [-0.25, -0.2) is 0 Å². The van der Waals surface area contributed by atoms with Crippen molar-refractivity contribution in [3.8, 4) is 5.75 Å². The fourth-order valence-electron chi connectivity index (χ4n) is 1.93. The number of unbranched alkanes of at least 4 members (excludes halogenated alkanes) is 1. The van der Waals surface area contributed by atoms with Crippen molar-refractivity contribution in [3.63, 3.8) is 0 Å². The second-order valence-electron chi connectivity index (χ2n) is 4.05. The lowest BCUT2D eigenvalue weighted by molar-refractivity contribution is 0.415. The van der Waals surface area contributed by atoms with Crippen LogP contribution in [0.4, 0.5) is 0 Å². The Morgan fingerprint density at radius 1 is 1.38 bits per heavy atom. The van der Waals surface area contributed by atoms with Crippen LogP contribution in [0.15, 0.2) is 18.2 Å². The first-order valence-electron chi connectivity index (χ1n) is 5.77. The molecule has 16 heavy (non-hydrogen) atoms. The van der Waals surface area contributed by atoms with Gasteiger partial charge in [-0.2, -0.15) is 5.10 Å². The van der Waals surface area contributed by atoms with Crippen molar-refractivity contribution in [2.45, 2.75) is 33.2 Å². The standard InChI is InChI=1S/C13H18N2O/c1-4-5-8-15-13-9-11(16-3)6-7-12(13)10(2)14-15/h6-7,9H,4-5,8H2,1-3H3. The predicted octanol–water partition coefficient (Wildman–Crippen LogP) is 3.15.